The lowest BCUT2D eigenvalue weighted by Gasteiger charge is -2.31. The van der Waals surface area contributed by atoms with Crippen molar-refractivity contribution in [3.63, 3.8) is 0 Å². The molecule has 0 spiro atoms. The molecule has 2 aromatic heterocycles. The number of hydrogen-bond donors (Lipinski definition) is 1. The first kappa shape index (κ1) is 18.9. The molecule has 1 atom stereocenters. The van der Waals surface area contributed by atoms with E-state index in [0.29, 0.717) is 32.5 Å². The molecule has 7 heteroatoms. The molecule has 1 aliphatic heterocycles. The van der Waals surface area contributed by atoms with E-state index in [-0.39, 0.29) is 17.7 Å². The second-order valence-electron chi connectivity index (χ2n) is 7.15. The van der Waals surface area contributed by atoms with Gasteiger partial charge in [-0.15, -0.1) is 0 Å². The van der Waals surface area contributed by atoms with Crippen LogP contribution in [0.1, 0.15) is 24.1 Å². The third kappa shape index (κ3) is 4.51. The van der Waals surface area contributed by atoms with Crippen LogP contribution in [0, 0.1) is 5.92 Å². The number of carbonyl (C=O) groups excluding carboxylic acids is 2. The van der Waals surface area contributed by atoms with E-state index in [1.54, 1.807) is 23.6 Å². The average molecular weight is 389 g/mol. The molecule has 3 aromatic rings. The Morgan fingerprint density at radius 3 is 2.79 bits per heavy atom. The Labute approximate surface area is 169 Å². The standard InChI is InChI=1S/C22H23N5O2/c28-21-9-8-18(14-27(21)15-19-6-3-4-10-24-19)22(29)25-13-17-5-1-2-7-20(17)26-12-11-23-16-26/h1-7,10-12,16,18H,8-9,13-15H2,(H,25,29). The largest absolute Gasteiger partial charge is 0.352 e. The summed E-state index contributed by atoms with van der Waals surface area (Å²) in [5.74, 6) is -0.161. The molecule has 0 bridgehead atoms. The SMILES string of the molecule is O=C(NCc1ccccc1-n1ccnc1)C1CCC(=O)N(Cc2ccccn2)C1. The van der Waals surface area contributed by atoms with Crippen molar-refractivity contribution in [2.24, 2.45) is 5.92 Å². The molecule has 7 nitrogen and oxygen atoms in total. The normalized spacial score (nSPS) is 16.6. The molecule has 0 saturated carbocycles. The van der Waals surface area contributed by atoms with Crippen LogP contribution >= 0.6 is 0 Å². The highest BCUT2D eigenvalue weighted by Crippen LogP contribution is 2.20. The number of nitrogens with one attached hydrogen (secondary N) is 1. The zero-order valence-electron chi connectivity index (χ0n) is 16.1. The van der Waals surface area contributed by atoms with Crippen LogP contribution in [0.25, 0.3) is 5.69 Å². The number of aromatic nitrogens is 3. The molecule has 0 radical (unpaired) electrons. The van der Waals surface area contributed by atoms with Crippen LogP contribution in [0.4, 0.5) is 0 Å². The molecule has 1 aliphatic rings. The molecule has 1 saturated heterocycles. The van der Waals surface area contributed by atoms with Crippen molar-refractivity contribution in [2.75, 3.05) is 6.54 Å². The van der Waals surface area contributed by atoms with E-state index in [1.807, 2.05) is 53.2 Å². The van der Waals surface area contributed by atoms with Gasteiger partial charge in [0.05, 0.1) is 30.2 Å². The van der Waals surface area contributed by atoms with Crippen LogP contribution < -0.4 is 5.32 Å². The predicted molar refractivity (Wildman–Crippen MR) is 108 cm³/mol. The van der Waals surface area contributed by atoms with Crippen LogP contribution in [0.2, 0.25) is 0 Å². The second-order valence-corrected chi connectivity index (χ2v) is 7.15. The summed E-state index contributed by atoms with van der Waals surface area (Å²) in [5, 5.41) is 3.04. The summed E-state index contributed by atoms with van der Waals surface area (Å²) >= 11 is 0. The lowest BCUT2D eigenvalue weighted by molar-refractivity contribution is -0.139. The van der Waals surface area contributed by atoms with Crippen LogP contribution in [-0.2, 0) is 22.7 Å². The lowest BCUT2D eigenvalue weighted by atomic mass is 9.96. The van der Waals surface area contributed by atoms with Gasteiger partial charge in [-0.1, -0.05) is 24.3 Å². The average Bonchev–Trinajstić information content (AvgIpc) is 3.29. The quantitative estimate of drug-likeness (QED) is 0.702. The van der Waals surface area contributed by atoms with Gasteiger partial charge in [-0.2, -0.15) is 0 Å². The fourth-order valence-corrected chi connectivity index (χ4v) is 3.61. The highest BCUT2D eigenvalue weighted by molar-refractivity contribution is 5.83. The van der Waals surface area contributed by atoms with Gasteiger partial charge >= 0.3 is 0 Å². The Morgan fingerprint density at radius 2 is 2.00 bits per heavy atom. The van der Waals surface area contributed by atoms with Gasteiger partial charge in [-0.25, -0.2) is 4.98 Å². The first-order chi connectivity index (χ1) is 14.2. The summed E-state index contributed by atoms with van der Waals surface area (Å²) in [4.78, 5) is 35.2. The van der Waals surface area contributed by atoms with E-state index in [4.69, 9.17) is 0 Å². The van der Waals surface area contributed by atoms with Gasteiger partial charge in [0.2, 0.25) is 11.8 Å². The van der Waals surface area contributed by atoms with Crippen molar-refractivity contribution in [2.45, 2.75) is 25.9 Å². The molecule has 1 aromatic carbocycles. The summed E-state index contributed by atoms with van der Waals surface area (Å²) in [6.07, 6.45) is 8.02. The number of para-hydroxylation sites is 1. The summed E-state index contributed by atoms with van der Waals surface area (Å²) in [5.41, 5.74) is 2.83. The molecule has 29 heavy (non-hydrogen) atoms. The van der Waals surface area contributed by atoms with Crippen molar-refractivity contribution in [1.29, 1.82) is 0 Å². The number of imidazole rings is 1. The highest BCUT2D eigenvalue weighted by atomic mass is 16.2. The minimum atomic E-state index is -0.211. The highest BCUT2D eigenvalue weighted by Gasteiger charge is 2.30. The van der Waals surface area contributed by atoms with Gasteiger partial charge in [0.15, 0.2) is 0 Å². The van der Waals surface area contributed by atoms with E-state index in [0.717, 1.165) is 16.9 Å². The maximum Gasteiger partial charge on any atom is 0.225 e. The molecule has 1 unspecified atom stereocenters. The monoisotopic (exact) mass is 389 g/mol. The summed E-state index contributed by atoms with van der Waals surface area (Å²) in [6, 6.07) is 13.5. The maximum atomic E-state index is 12.8. The van der Waals surface area contributed by atoms with E-state index in [9.17, 15) is 9.59 Å². The summed E-state index contributed by atoms with van der Waals surface area (Å²) in [6.45, 7) is 1.29. The molecular weight excluding hydrogens is 366 g/mol. The van der Waals surface area contributed by atoms with Crippen molar-refractivity contribution in [3.05, 3.63) is 78.6 Å². The van der Waals surface area contributed by atoms with Gasteiger partial charge < -0.3 is 14.8 Å². The van der Waals surface area contributed by atoms with E-state index < -0.39 is 0 Å². The van der Waals surface area contributed by atoms with Crippen LogP contribution in [0.15, 0.2) is 67.4 Å². The molecule has 2 amide bonds. The van der Waals surface area contributed by atoms with Gasteiger partial charge in [0.25, 0.3) is 0 Å². The minimum absolute atomic E-state index is 0.0241. The fraction of sp³-hybridized carbons (Fsp3) is 0.273. The molecule has 0 aliphatic carbocycles. The van der Waals surface area contributed by atoms with Crippen LogP contribution in [0.5, 0.6) is 0 Å². The Morgan fingerprint density at radius 1 is 1.14 bits per heavy atom. The van der Waals surface area contributed by atoms with Gasteiger partial charge in [-0.05, 0) is 30.2 Å². The lowest BCUT2D eigenvalue weighted by Crippen LogP contribution is -2.45. The van der Waals surface area contributed by atoms with E-state index in [2.05, 4.69) is 15.3 Å². The zero-order chi connectivity index (χ0) is 20.1. The predicted octanol–water partition coefficient (Wildman–Crippen LogP) is 2.32. The summed E-state index contributed by atoms with van der Waals surface area (Å²) in [7, 11) is 0. The number of amides is 2. The van der Waals surface area contributed by atoms with Crippen molar-refractivity contribution < 1.29 is 9.59 Å². The van der Waals surface area contributed by atoms with Gasteiger partial charge in [0, 0.05) is 38.1 Å². The zero-order valence-corrected chi connectivity index (χ0v) is 16.1. The number of benzene rings is 1. The number of hydrogen-bond acceptors (Lipinski definition) is 4. The summed E-state index contributed by atoms with van der Waals surface area (Å²) < 4.78 is 1.93. The number of likely N-dealkylation sites (tertiary alicyclic amines) is 1. The molecule has 148 valence electrons. The molecular formula is C22H23N5O2. The smallest absolute Gasteiger partial charge is 0.225 e. The molecule has 3 heterocycles. The maximum absolute atomic E-state index is 12.8. The van der Waals surface area contributed by atoms with Gasteiger partial charge in [0.1, 0.15) is 0 Å². The second kappa shape index (κ2) is 8.68. The third-order valence-corrected chi connectivity index (χ3v) is 5.18. The number of carbonyl (C=O) groups is 2. The number of pyridine rings is 1. The van der Waals surface area contributed by atoms with Crippen LogP contribution in [-0.4, -0.2) is 37.8 Å². The first-order valence-electron chi connectivity index (χ1n) is 9.72. The van der Waals surface area contributed by atoms with Gasteiger partial charge in [-0.3, -0.25) is 14.6 Å². The van der Waals surface area contributed by atoms with E-state index in [1.165, 1.54) is 0 Å². The van der Waals surface area contributed by atoms with Crippen molar-refractivity contribution in [3.8, 4) is 5.69 Å². The number of piperidine rings is 1. The third-order valence-electron chi connectivity index (χ3n) is 5.18. The Bertz CT molecular complexity index is 972. The molecule has 4 rings (SSSR count). The number of rotatable bonds is 6. The fourth-order valence-electron chi connectivity index (χ4n) is 3.61. The van der Waals surface area contributed by atoms with Crippen molar-refractivity contribution in [1.82, 2.24) is 24.8 Å². The molecule has 1 fully saturated rings. The van der Waals surface area contributed by atoms with Crippen LogP contribution in [0.3, 0.4) is 0 Å². The van der Waals surface area contributed by atoms with Crippen molar-refractivity contribution >= 4 is 11.8 Å². The van der Waals surface area contributed by atoms with E-state index >= 15 is 0 Å². The minimum Gasteiger partial charge on any atom is -0.352 e. The number of nitrogens with zero attached hydrogens (tertiary/aromatic N) is 4. The topological polar surface area (TPSA) is 80.1 Å². The first-order valence-corrected chi connectivity index (χ1v) is 9.72. The molecule has 1 N–H and O–H groups in total. The Kier molecular flexibility index (Phi) is 5.65. The Balaban J connectivity index is 1.38. The Hall–Kier alpha value is -3.48.